The average molecular weight is 444 g/mol. The molecule has 1 saturated heterocycles. The molecular weight excluding hydrogens is 412 g/mol. The molecule has 1 heterocycles. The van der Waals surface area contributed by atoms with Gasteiger partial charge >= 0.3 is 33.3 Å². The molecule has 155 valence electrons. The molecule has 5 nitrogen and oxygen atoms in total. The molecule has 0 aromatic carbocycles. The van der Waals surface area contributed by atoms with Gasteiger partial charge in [0.1, 0.15) is 0 Å². The molecule has 8 heteroatoms. The van der Waals surface area contributed by atoms with Gasteiger partial charge in [-0.3, -0.25) is 0 Å². The van der Waals surface area contributed by atoms with Crippen LogP contribution in [-0.2, 0) is 13.1 Å². The minimum atomic E-state index is 0.00694. The number of rotatable bonds is 0. The first-order valence-electron chi connectivity index (χ1n) is 10.0. The van der Waals surface area contributed by atoms with Crippen LogP contribution >= 0.6 is 20.2 Å². The molecule has 0 radical (unpaired) electrons. The fourth-order valence-electron chi connectivity index (χ4n) is 4.18. The summed E-state index contributed by atoms with van der Waals surface area (Å²) in [5.74, 6) is 0. The van der Waals surface area contributed by atoms with Crippen LogP contribution in [0.15, 0.2) is 0 Å². The van der Waals surface area contributed by atoms with Crippen LogP contribution in [0, 0.1) is 0 Å². The first-order chi connectivity index (χ1) is 12.8. The van der Waals surface area contributed by atoms with Crippen molar-refractivity contribution < 1.29 is 13.1 Å². The molecule has 0 amide bonds. The summed E-state index contributed by atoms with van der Waals surface area (Å²) in [7, 11) is 9.59. The van der Waals surface area contributed by atoms with Crippen LogP contribution in [-0.4, -0.2) is 63.4 Å². The van der Waals surface area contributed by atoms with Gasteiger partial charge in [0.15, 0.2) is 0 Å². The van der Waals surface area contributed by atoms with Gasteiger partial charge in [-0.05, 0) is 0 Å². The number of nitrogens with zero attached hydrogens (tertiary/aromatic N) is 5. The van der Waals surface area contributed by atoms with Gasteiger partial charge in [0, 0.05) is 0 Å². The molecule has 2 saturated carbocycles. The van der Waals surface area contributed by atoms with E-state index >= 15 is 0 Å². The van der Waals surface area contributed by atoms with Crippen LogP contribution in [0.4, 0.5) is 0 Å². The standard InChI is InChI=1S/C18H32N5.2ClH.Mn/c1-3-7-17-15(5-1)20-11-9-19-10-12-21-16-6-2-4-8-18(16)23-14-13-22-17;;;/h15-18H,1-14H2;2*1H;/q-5;;;+2/p-2/t15-,16?,17?,18?;;;/m0.../s1. The topological polar surface area (TPSA) is 70.5 Å². The molecule has 3 aliphatic rings. The second-order valence-electron chi connectivity index (χ2n) is 7.19. The maximum atomic E-state index is 4.95. The monoisotopic (exact) mass is 443 g/mol. The van der Waals surface area contributed by atoms with Crippen LogP contribution in [0.1, 0.15) is 51.4 Å². The predicted molar refractivity (Wildman–Crippen MR) is 110 cm³/mol. The van der Waals surface area contributed by atoms with Gasteiger partial charge in [-0.25, -0.2) is 0 Å². The van der Waals surface area contributed by atoms with Gasteiger partial charge in [-0.15, -0.1) is 0 Å². The Morgan fingerprint density at radius 1 is 0.500 bits per heavy atom. The predicted octanol–water partition coefficient (Wildman–Crippen LogP) is 5.87. The van der Waals surface area contributed by atoms with Crippen molar-refractivity contribution in [2.75, 3.05) is 39.3 Å². The molecule has 26 heavy (non-hydrogen) atoms. The Morgan fingerprint density at radius 3 is 1.08 bits per heavy atom. The molecule has 3 unspecified atom stereocenters. The molecule has 1 aliphatic heterocycles. The Kier molecular flexibility index (Phi) is 13.2. The fourth-order valence-corrected chi connectivity index (χ4v) is 4.18. The van der Waals surface area contributed by atoms with Crippen LogP contribution in [0.3, 0.4) is 0 Å². The zero-order valence-electron chi connectivity index (χ0n) is 15.6. The van der Waals surface area contributed by atoms with Crippen LogP contribution in [0.25, 0.3) is 26.6 Å². The Bertz CT molecular complexity index is 324. The Hall–Kier alpha value is 0.899. The minimum absolute atomic E-state index is 0.00694. The molecule has 4 atom stereocenters. The van der Waals surface area contributed by atoms with Gasteiger partial charge in [0.05, 0.1) is 0 Å². The molecular formula is C18H32Cl2MnN5-5. The summed E-state index contributed by atoms with van der Waals surface area (Å²) in [4.78, 5) is 0. The molecule has 0 N–H and O–H groups in total. The summed E-state index contributed by atoms with van der Waals surface area (Å²) >= 11 is 0.00694. The fraction of sp³-hybridized carbons (Fsp3) is 1.00. The number of fused-ring (bicyclic) bond motifs is 2. The first kappa shape index (κ1) is 23.2. The van der Waals surface area contributed by atoms with Crippen LogP contribution in [0.2, 0.25) is 0 Å². The third-order valence-corrected chi connectivity index (χ3v) is 5.46. The van der Waals surface area contributed by atoms with E-state index in [1.807, 2.05) is 0 Å². The number of halogens is 2. The van der Waals surface area contributed by atoms with Gasteiger partial charge in [-0.2, -0.15) is 63.4 Å². The van der Waals surface area contributed by atoms with E-state index < -0.39 is 0 Å². The van der Waals surface area contributed by atoms with E-state index in [0.29, 0.717) is 24.2 Å². The average Bonchev–Trinajstić information content (AvgIpc) is 2.67. The Morgan fingerprint density at radius 2 is 0.769 bits per heavy atom. The quantitative estimate of drug-likeness (QED) is 0.420. The van der Waals surface area contributed by atoms with Gasteiger partial charge < -0.3 is 26.6 Å². The molecule has 3 fully saturated rings. The summed E-state index contributed by atoms with van der Waals surface area (Å²) < 4.78 is 0. The van der Waals surface area contributed by atoms with Gasteiger partial charge in [0.25, 0.3) is 0 Å². The van der Waals surface area contributed by atoms with Gasteiger partial charge in [-0.1, -0.05) is 51.4 Å². The van der Waals surface area contributed by atoms with E-state index in [2.05, 4.69) is 5.32 Å². The van der Waals surface area contributed by atoms with Crippen molar-refractivity contribution in [2.24, 2.45) is 0 Å². The summed E-state index contributed by atoms with van der Waals surface area (Å²) in [5.41, 5.74) is 0. The zero-order chi connectivity index (χ0) is 18.5. The normalized spacial score (nSPS) is 34.8. The van der Waals surface area contributed by atoms with E-state index in [0.717, 1.165) is 39.3 Å². The summed E-state index contributed by atoms with van der Waals surface area (Å²) in [6.07, 6.45) is 10.1. The maximum absolute atomic E-state index is 4.95. The third-order valence-electron chi connectivity index (χ3n) is 5.46. The molecule has 0 aromatic rings. The van der Waals surface area contributed by atoms with Crippen molar-refractivity contribution in [2.45, 2.75) is 75.5 Å². The first-order valence-corrected chi connectivity index (χ1v) is 13.3. The molecule has 2 aliphatic carbocycles. The third kappa shape index (κ3) is 8.93. The van der Waals surface area contributed by atoms with Crippen molar-refractivity contribution in [3.8, 4) is 0 Å². The van der Waals surface area contributed by atoms with E-state index in [4.69, 9.17) is 41.5 Å². The van der Waals surface area contributed by atoms with Crippen molar-refractivity contribution in [1.82, 2.24) is 0 Å². The van der Waals surface area contributed by atoms with Gasteiger partial charge in [0.2, 0.25) is 0 Å². The number of hydrogen-bond acceptors (Lipinski definition) is 0. The van der Waals surface area contributed by atoms with Crippen molar-refractivity contribution in [3.05, 3.63) is 26.6 Å². The number of hydrogen-bond donors (Lipinski definition) is 0. The van der Waals surface area contributed by atoms with E-state index in [1.165, 1.54) is 51.4 Å². The Balaban J connectivity index is 0.000000758. The Labute approximate surface area is 174 Å². The van der Waals surface area contributed by atoms with Crippen molar-refractivity contribution in [3.63, 3.8) is 0 Å². The summed E-state index contributed by atoms with van der Waals surface area (Å²) in [5, 5.41) is 24.3. The van der Waals surface area contributed by atoms with E-state index in [9.17, 15) is 0 Å². The van der Waals surface area contributed by atoms with Crippen LogP contribution < -0.4 is 0 Å². The van der Waals surface area contributed by atoms with Crippen LogP contribution in [0.5, 0.6) is 0 Å². The molecule has 3 rings (SSSR count). The SMILES string of the molecule is C1CCC2[N-]CC[N-]C3CCCC[C@@H]3[N-]CC[N-]CC[N-]C2C1.[Cl][Mn][Cl]. The molecule has 0 bridgehead atoms. The zero-order valence-corrected chi connectivity index (χ0v) is 18.3. The van der Waals surface area contributed by atoms with E-state index in [-0.39, 0.29) is 13.1 Å². The van der Waals surface area contributed by atoms with E-state index in [1.54, 1.807) is 0 Å². The van der Waals surface area contributed by atoms with Crippen molar-refractivity contribution >= 4 is 20.2 Å². The summed E-state index contributed by atoms with van der Waals surface area (Å²) in [6.45, 7) is 5.21. The summed E-state index contributed by atoms with van der Waals surface area (Å²) in [6, 6.07) is 1.76. The van der Waals surface area contributed by atoms with Crippen molar-refractivity contribution in [1.29, 1.82) is 0 Å². The second-order valence-corrected chi connectivity index (χ2v) is 9.14. The molecule has 0 aromatic heterocycles. The molecule has 0 spiro atoms. The second kappa shape index (κ2) is 14.8.